The highest BCUT2D eigenvalue weighted by Gasteiger charge is 2.22. The smallest absolute Gasteiger partial charge is 0.133 e. The first-order valence-electron chi connectivity index (χ1n) is 6.83. The van der Waals surface area contributed by atoms with Gasteiger partial charge >= 0.3 is 0 Å². The maximum absolute atomic E-state index is 5.70. The lowest BCUT2D eigenvalue weighted by Crippen LogP contribution is -2.06. The normalized spacial score (nSPS) is 16.9. The molecule has 2 heterocycles. The minimum absolute atomic E-state index is 0.245. The van der Waals surface area contributed by atoms with E-state index in [0.29, 0.717) is 0 Å². The molecule has 1 unspecified atom stereocenters. The molecule has 0 amide bonds. The number of allylic oxidation sites excluding steroid dienone is 1. The van der Waals surface area contributed by atoms with Gasteiger partial charge in [-0.3, -0.25) is 0 Å². The van der Waals surface area contributed by atoms with Gasteiger partial charge in [0.15, 0.2) is 0 Å². The second-order valence-electron chi connectivity index (χ2n) is 5.21. The molecule has 2 aromatic carbocycles. The third-order valence-electron chi connectivity index (χ3n) is 3.99. The van der Waals surface area contributed by atoms with Gasteiger partial charge in [-0.1, -0.05) is 36.4 Å². The Morgan fingerprint density at radius 2 is 1.90 bits per heavy atom. The number of para-hydroxylation sites is 2. The van der Waals surface area contributed by atoms with Crippen molar-refractivity contribution in [1.29, 1.82) is 0 Å². The minimum Gasteiger partial charge on any atom is -0.465 e. The number of hydrogen-bond donors (Lipinski definition) is 1. The van der Waals surface area contributed by atoms with Crippen LogP contribution in [0.15, 0.2) is 61.0 Å². The molecule has 0 saturated heterocycles. The van der Waals surface area contributed by atoms with Crippen molar-refractivity contribution in [1.82, 2.24) is 4.98 Å². The first-order chi connectivity index (χ1) is 9.84. The summed E-state index contributed by atoms with van der Waals surface area (Å²) in [6.45, 7) is 2.09. The Morgan fingerprint density at radius 1 is 1.00 bits per heavy atom. The van der Waals surface area contributed by atoms with Gasteiger partial charge in [0.25, 0.3) is 0 Å². The van der Waals surface area contributed by atoms with Crippen molar-refractivity contribution in [3.05, 3.63) is 77.7 Å². The number of ether oxygens (including phenoxy) is 1. The molecule has 0 radical (unpaired) electrons. The van der Waals surface area contributed by atoms with E-state index in [1.807, 2.05) is 6.26 Å². The van der Waals surface area contributed by atoms with E-state index in [-0.39, 0.29) is 5.92 Å². The van der Waals surface area contributed by atoms with E-state index in [0.717, 1.165) is 5.75 Å². The Morgan fingerprint density at radius 3 is 2.85 bits per heavy atom. The number of benzene rings is 2. The molecule has 3 aromatic rings. The second-order valence-corrected chi connectivity index (χ2v) is 5.21. The fourth-order valence-electron chi connectivity index (χ4n) is 2.99. The van der Waals surface area contributed by atoms with Gasteiger partial charge in [0, 0.05) is 28.6 Å². The molecule has 0 saturated carbocycles. The molecule has 0 spiro atoms. The second kappa shape index (κ2) is 4.27. The number of rotatable bonds is 1. The highest BCUT2D eigenvalue weighted by molar-refractivity contribution is 5.84. The summed E-state index contributed by atoms with van der Waals surface area (Å²) in [4.78, 5) is 3.36. The van der Waals surface area contributed by atoms with Crippen LogP contribution in [0.4, 0.5) is 0 Å². The van der Waals surface area contributed by atoms with Crippen LogP contribution in [0.25, 0.3) is 10.9 Å². The van der Waals surface area contributed by atoms with E-state index in [4.69, 9.17) is 4.74 Å². The quantitative estimate of drug-likeness (QED) is 0.684. The predicted molar refractivity (Wildman–Crippen MR) is 81.1 cm³/mol. The fourth-order valence-corrected chi connectivity index (χ4v) is 2.99. The van der Waals surface area contributed by atoms with Crippen LogP contribution in [0.3, 0.4) is 0 Å². The van der Waals surface area contributed by atoms with E-state index >= 15 is 0 Å². The molecule has 1 aromatic heterocycles. The van der Waals surface area contributed by atoms with Gasteiger partial charge in [-0.15, -0.1) is 0 Å². The van der Waals surface area contributed by atoms with E-state index < -0.39 is 0 Å². The molecule has 2 heteroatoms. The van der Waals surface area contributed by atoms with Gasteiger partial charge in [0.05, 0.1) is 6.26 Å². The van der Waals surface area contributed by atoms with Gasteiger partial charge in [0.1, 0.15) is 5.75 Å². The molecule has 4 rings (SSSR count). The number of H-pyrrole nitrogens is 1. The first kappa shape index (κ1) is 11.4. The summed E-state index contributed by atoms with van der Waals surface area (Å²) < 4.78 is 5.70. The van der Waals surface area contributed by atoms with Crippen molar-refractivity contribution in [2.75, 3.05) is 0 Å². The summed E-state index contributed by atoms with van der Waals surface area (Å²) >= 11 is 0. The molecule has 0 aliphatic carbocycles. The van der Waals surface area contributed by atoms with Gasteiger partial charge < -0.3 is 9.72 Å². The van der Waals surface area contributed by atoms with E-state index in [2.05, 4.69) is 66.6 Å². The van der Waals surface area contributed by atoms with Gasteiger partial charge in [-0.25, -0.2) is 0 Å². The molecule has 98 valence electrons. The number of aromatic amines is 1. The summed E-state index contributed by atoms with van der Waals surface area (Å²) in [5, 5.41) is 1.27. The zero-order chi connectivity index (χ0) is 13.5. The van der Waals surface area contributed by atoms with Crippen molar-refractivity contribution >= 4 is 10.9 Å². The molecule has 1 aliphatic rings. The molecular formula is C18H15NO. The summed E-state index contributed by atoms with van der Waals surface area (Å²) in [6.07, 6.45) is 6.04. The number of aromatic nitrogens is 1. The van der Waals surface area contributed by atoms with Crippen LogP contribution in [0.5, 0.6) is 5.75 Å². The third-order valence-corrected chi connectivity index (χ3v) is 3.99. The molecule has 0 fully saturated rings. The molecule has 0 bridgehead atoms. The van der Waals surface area contributed by atoms with Crippen LogP contribution in [-0.2, 0) is 0 Å². The van der Waals surface area contributed by atoms with Gasteiger partial charge in [-0.05, 0) is 30.2 Å². The van der Waals surface area contributed by atoms with Crippen LogP contribution in [0.1, 0.15) is 22.6 Å². The van der Waals surface area contributed by atoms with E-state index in [1.165, 1.54) is 27.6 Å². The monoisotopic (exact) mass is 261 g/mol. The zero-order valence-electron chi connectivity index (χ0n) is 11.3. The Bertz CT molecular complexity index is 813. The van der Waals surface area contributed by atoms with Crippen LogP contribution >= 0.6 is 0 Å². The minimum atomic E-state index is 0.245. The fraction of sp³-hybridized carbons (Fsp3) is 0.111. The number of hydrogen-bond acceptors (Lipinski definition) is 1. The summed E-state index contributed by atoms with van der Waals surface area (Å²) in [5.41, 5.74) is 4.89. The standard InChI is InChI=1S/C18H15NO/c1-12-5-4-7-15-13(9-10-20-18(12)15)16-11-19-17-8-3-2-6-14(16)17/h2-11,13,19H,1H3. The maximum atomic E-state index is 5.70. The van der Waals surface area contributed by atoms with E-state index in [9.17, 15) is 0 Å². The van der Waals surface area contributed by atoms with Gasteiger partial charge in [0.2, 0.25) is 0 Å². The van der Waals surface area contributed by atoms with Crippen molar-refractivity contribution in [3.8, 4) is 5.75 Å². The van der Waals surface area contributed by atoms with Crippen molar-refractivity contribution in [2.24, 2.45) is 0 Å². The molecule has 20 heavy (non-hydrogen) atoms. The van der Waals surface area contributed by atoms with Crippen LogP contribution < -0.4 is 4.74 Å². The van der Waals surface area contributed by atoms with Crippen LogP contribution in [0.2, 0.25) is 0 Å². The molecule has 1 aliphatic heterocycles. The molecule has 2 nitrogen and oxygen atoms in total. The summed E-state index contributed by atoms with van der Waals surface area (Å²) in [6, 6.07) is 14.8. The van der Waals surface area contributed by atoms with Gasteiger partial charge in [-0.2, -0.15) is 0 Å². The Hall–Kier alpha value is -2.48. The Balaban J connectivity index is 1.93. The van der Waals surface area contributed by atoms with Crippen LogP contribution in [-0.4, -0.2) is 4.98 Å². The van der Waals surface area contributed by atoms with Crippen molar-refractivity contribution in [3.63, 3.8) is 0 Å². The zero-order valence-corrected chi connectivity index (χ0v) is 11.3. The average Bonchev–Trinajstić information content (AvgIpc) is 2.91. The predicted octanol–water partition coefficient (Wildman–Crippen LogP) is 4.51. The first-order valence-corrected chi connectivity index (χ1v) is 6.83. The van der Waals surface area contributed by atoms with Crippen molar-refractivity contribution in [2.45, 2.75) is 12.8 Å². The average molecular weight is 261 g/mol. The highest BCUT2D eigenvalue weighted by atomic mass is 16.5. The lowest BCUT2D eigenvalue weighted by Gasteiger charge is -2.22. The summed E-state index contributed by atoms with van der Waals surface area (Å²) in [5.74, 6) is 1.24. The summed E-state index contributed by atoms with van der Waals surface area (Å²) in [7, 11) is 0. The maximum Gasteiger partial charge on any atom is 0.133 e. The topological polar surface area (TPSA) is 25.0 Å². The lowest BCUT2D eigenvalue weighted by molar-refractivity contribution is 0.455. The molecular weight excluding hydrogens is 246 g/mol. The third kappa shape index (κ3) is 1.58. The molecule has 1 N–H and O–H groups in total. The SMILES string of the molecule is Cc1cccc2c1OC=CC2c1c[nH]c2ccccc12. The Labute approximate surface area is 117 Å². The highest BCUT2D eigenvalue weighted by Crippen LogP contribution is 2.40. The van der Waals surface area contributed by atoms with E-state index in [1.54, 1.807) is 0 Å². The number of aryl methyl sites for hydroxylation is 1. The number of nitrogens with one attached hydrogen (secondary N) is 1. The largest absolute Gasteiger partial charge is 0.465 e. The van der Waals surface area contributed by atoms with Crippen molar-refractivity contribution < 1.29 is 4.74 Å². The molecule has 1 atom stereocenters. The number of fused-ring (bicyclic) bond motifs is 2. The lowest BCUT2D eigenvalue weighted by atomic mass is 9.88. The van der Waals surface area contributed by atoms with Crippen LogP contribution in [0, 0.1) is 6.92 Å². The Kier molecular flexibility index (Phi) is 2.43.